The van der Waals surface area contributed by atoms with E-state index in [1.165, 1.54) is 0 Å². The molecular weight excluding hydrogens is 300 g/mol. The molecule has 1 aliphatic heterocycles. The second-order valence-electron chi connectivity index (χ2n) is 5.17. The Morgan fingerprint density at radius 3 is 2.78 bits per heavy atom. The van der Waals surface area contributed by atoms with Crippen molar-refractivity contribution in [3.63, 3.8) is 0 Å². The maximum atomic E-state index is 12.4. The highest BCUT2D eigenvalue weighted by atomic mass is 16.7. The van der Waals surface area contributed by atoms with Gasteiger partial charge < -0.3 is 29.2 Å². The van der Waals surface area contributed by atoms with Crippen molar-refractivity contribution in [2.24, 2.45) is 0 Å². The molecule has 0 radical (unpaired) electrons. The first-order valence-electron chi connectivity index (χ1n) is 7.59. The van der Waals surface area contributed by atoms with Crippen molar-refractivity contribution < 1.29 is 23.7 Å². The first kappa shape index (κ1) is 17.5. The Morgan fingerprint density at radius 2 is 2.00 bits per heavy atom. The van der Waals surface area contributed by atoms with Gasteiger partial charge in [0.25, 0.3) is 0 Å². The SMILES string of the molecule is COCCNCC(=O)N(CCOC)Cc1ccc2c(c1)OCO2. The second-order valence-corrected chi connectivity index (χ2v) is 5.17. The van der Waals surface area contributed by atoms with Gasteiger partial charge in [0.05, 0.1) is 19.8 Å². The Kier molecular flexibility index (Phi) is 7.12. The largest absolute Gasteiger partial charge is 0.454 e. The van der Waals surface area contributed by atoms with E-state index in [0.717, 1.165) is 17.1 Å². The minimum absolute atomic E-state index is 0.0239. The standard InChI is InChI=1S/C16H24N2O5/c1-20-7-5-17-10-16(19)18(6-8-21-2)11-13-3-4-14-15(9-13)23-12-22-14/h3-4,9,17H,5-8,10-12H2,1-2H3. The fourth-order valence-electron chi connectivity index (χ4n) is 2.23. The van der Waals surface area contributed by atoms with E-state index in [4.69, 9.17) is 18.9 Å². The van der Waals surface area contributed by atoms with E-state index in [-0.39, 0.29) is 19.2 Å². The van der Waals surface area contributed by atoms with Crippen molar-refractivity contribution >= 4 is 5.91 Å². The topological polar surface area (TPSA) is 69.3 Å². The summed E-state index contributed by atoms with van der Waals surface area (Å²) in [6.45, 7) is 3.28. The predicted octanol–water partition coefficient (Wildman–Crippen LogP) is 0.626. The third-order valence-corrected chi connectivity index (χ3v) is 3.49. The minimum atomic E-state index is 0.0239. The average molecular weight is 324 g/mol. The summed E-state index contributed by atoms with van der Waals surface area (Å²) < 4.78 is 20.7. The molecule has 1 N–H and O–H groups in total. The molecule has 1 aromatic carbocycles. The number of rotatable bonds is 10. The molecule has 0 atom stereocenters. The number of ether oxygens (including phenoxy) is 4. The van der Waals surface area contributed by atoms with Gasteiger partial charge in [-0.05, 0) is 17.7 Å². The second kappa shape index (κ2) is 9.34. The fourth-order valence-corrected chi connectivity index (χ4v) is 2.23. The number of carbonyl (C=O) groups excluding carboxylic acids is 1. The average Bonchev–Trinajstić information content (AvgIpc) is 3.03. The summed E-state index contributed by atoms with van der Waals surface area (Å²) in [4.78, 5) is 14.1. The Hall–Kier alpha value is -1.83. The number of nitrogens with zero attached hydrogens (tertiary/aromatic N) is 1. The molecule has 7 heteroatoms. The molecule has 1 aliphatic rings. The van der Waals surface area contributed by atoms with Crippen molar-refractivity contribution in [1.82, 2.24) is 10.2 Å². The molecule has 7 nitrogen and oxygen atoms in total. The van der Waals surface area contributed by atoms with E-state index in [0.29, 0.717) is 32.8 Å². The zero-order valence-corrected chi connectivity index (χ0v) is 13.7. The first-order chi connectivity index (χ1) is 11.2. The number of benzene rings is 1. The highest BCUT2D eigenvalue weighted by Crippen LogP contribution is 2.32. The first-order valence-corrected chi connectivity index (χ1v) is 7.59. The Morgan fingerprint density at radius 1 is 1.22 bits per heavy atom. The minimum Gasteiger partial charge on any atom is -0.454 e. The van der Waals surface area contributed by atoms with Crippen LogP contribution in [0.5, 0.6) is 11.5 Å². The Labute approximate surface area is 136 Å². The summed E-state index contributed by atoms with van der Waals surface area (Å²) in [6.07, 6.45) is 0. The number of carbonyl (C=O) groups is 1. The van der Waals surface area contributed by atoms with Crippen LogP contribution in [0.1, 0.15) is 5.56 Å². The monoisotopic (exact) mass is 324 g/mol. The van der Waals surface area contributed by atoms with Crippen LogP contribution in [0.2, 0.25) is 0 Å². The van der Waals surface area contributed by atoms with Crippen LogP contribution in [0.3, 0.4) is 0 Å². The van der Waals surface area contributed by atoms with Crippen molar-refractivity contribution in [1.29, 1.82) is 0 Å². The third kappa shape index (κ3) is 5.38. The van der Waals surface area contributed by atoms with Crippen molar-refractivity contribution in [3.05, 3.63) is 23.8 Å². The molecule has 0 spiro atoms. The van der Waals surface area contributed by atoms with Gasteiger partial charge in [0.15, 0.2) is 11.5 Å². The summed E-state index contributed by atoms with van der Waals surface area (Å²) in [5, 5.41) is 3.07. The normalized spacial score (nSPS) is 12.4. The molecule has 0 aliphatic carbocycles. The molecule has 0 fully saturated rings. The summed E-state index contributed by atoms with van der Waals surface area (Å²) >= 11 is 0. The molecule has 0 unspecified atom stereocenters. The van der Waals surface area contributed by atoms with Gasteiger partial charge in [0.2, 0.25) is 12.7 Å². The van der Waals surface area contributed by atoms with E-state index >= 15 is 0 Å². The maximum Gasteiger partial charge on any atom is 0.236 e. The number of nitrogens with one attached hydrogen (secondary N) is 1. The number of amides is 1. The molecule has 1 heterocycles. The van der Waals surface area contributed by atoms with Crippen LogP contribution in [0.15, 0.2) is 18.2 Å². The van der Waals surface area contributed by atoms with Gasteiger partial charge in [-0.3, -0.25) is 4.79 Å². The number of hydrogen-bond donors (Lipinski definition) is 1. The van der Waals surface area contributed by atoms with Crippen LogP contribution in [-0.4, -0.2) is 64.7 Å². The van der Waals surface area contributed by atoms with E-state index in [1.54, 1.807) is 19.1 Å². The van der Waals surface area contributed by atoms with Gasteiger partial charge in [-0.2, -0.15) is 0 Å². The van der Waals surface area contributed by atoms with Crippen LogP contribution < -0.4 is 14.8 Å². The lowest BCUT2D eigenvalue weighted by Gasteiger charge is -2.23. The van der Waals surface area contributed by atoms with E-state index in [1.807, 2.05) is 18.2 Å². The smallest absolute Gasteiger partial charge is 0.236 e. The summed E-state index contributed by atoms with van der Waals surface area (Å²) in [5.74, 6) is 1.49. The van der Waals surface area contributed by atoms with Gasteiger partial charge in [0.1, 0.15) is 0 Å². The van der Waals surface area contributed by atoms with Gasteiger partial charge in [-0.25, -0.2) is 0 Å². The fraction of sp³-hybridized carbons (Fsp3) is 0.562. The number of hydrogen-bond acceptors (Lipinski definition) is 6. The molecule has 128 valence electrons. The Balaban J connectivity index is 1.93. The lowest BCUT2D eigenvalue weighted by Crippen LogP contribution is -2.40. The number of fused-ring (bicyclic) bond motifs is 1. The van der Waals surface area contributed by atoms with Gasteiger partial charge in [0, 0.05) is 33.9 Å². The van der Waals surface area contributed by atoms with Crippen molar-refractivity contribution in [2.75, 3.05) is 53.9 Å². The van der Waals surface area contributed by atoms with Crippen molar-refractivity contribution in [2.45, 2.75) is 6.54 Å². The quantitative estimate of drug-likeness (QED) is 0.637. The molecular formula is C16H24N2O5. The molecule has 23 heavy (non-hydrogen) atoms. The summed E-state index contributed by atoms with van der Waals surface area (Å²) in [6, 6.07) is 5.72. The highest BCUT2D eigenvalue weighted by Gasteiger charge is 2.17. The molecule has 1 amide bonds. The predicted molar refractivity (Wildman–Crippen MR) is 84.6 cm³/mol. The van der Waals surface area contributed by atoms with E-state index in [9.17, 15) is 4.79 Å². The van der Waals surface area contributed by atoms with Crippen LogP contribution in [0, 0.1) is 0 Å². The van der Waals surface area contributed by atoms with Crippen LogP contribution in [0.25, 0.3) is 0 Å². The molecule has 2 rings (SSSR count). The third-order valence-electron chi connectivity index (χ3n) is 3.49. The van der Waals surface area contributed by atoms with Crippen LogP contribution in [-0.2, 0) is 20.8 Å². The van der Waals surface area contributed by atoms with E-state index in [2.05, 4.69) is 5.32 Å². The molecule has 0 aromatic heterocycles. The zero-order chi connectivity index (χ0) is 16.5. The van der Waals surface area contributed by atoms with Gasteiger partial charge in [-0.1, -0.05) is 6.07 Å². The lowest BCUT2D eigenvalue weighted by atomic mass is 10.2. The summed E-state index contributed by atoms with van der Waals surface area (Å²) in [7, 11) is 3.26. The highest BCUT2D eigenvalue weighted by molar-refractivity contribution is 5.78. The van der Waals surface area contributed by atoms with E-state index < -0.39 is 0 Å². The molecule has 1 aromatic rings. The molecule has 0 bridgehead atoms. The van der Waals surface area contributed by atoms with Crippen LogP contribution >= 0.6 is 0 Å². The Bertz CT molecular complexity index is 509. The molecule has 0 saturated heterocycles. The van der Waals surface area contributed by atoms with Gasteiger partial charge >= 0.3 is 0 Å². The molecule has 0 saturated carbocycles. The van der Waals surface area contributed by atoms with Crippen LogP contribution in [0.4, 0.5) is 0 Å². The zero-order valence-electron chi connectivity index (χ0n) is 13.7. The summed E-state index contributed by atoms with van der Waals surface area (Å²) in [5.41, 5.74) is 0.996. The van der Waals surface area contributed by atoms with Crippen molar-refractivity contribution in [3.8, 4) is 11.5 Å². The maximum absolute atomic E-state index is 12.4. The lowest BCUT2D eigenvalue weighted by molar-refractivity contribution is -0.131. The number of methoxy groups -OCH3 is 2. The van der Waals surface area contributed by atoms with Gasteiger partial charge in [-0.15, -0.1) is 0 Å².